The van der Waals surface area contributed by atoms with Gasteiger partial charge in [0.25, 0.3) is 0 Å². The molecule has 0 spiro atoms. The third-order valence-corrected chi connectivity index (χ3v) is 3.94. The van der Waals surface area contributed by atoms with Crippen molar-refractivity contribution < 1.29 is 22.8 Å². The molecule has 0 radical (unpaired) electrons. The van der Waals surface area contributed by atoms with E-state index in [4.69, 9.17) is 9.63 Å². The van der Waals surface area contributed by atoms with Crippen molar-refractivity contribution in [3.63, 3.8) is 0 Å². The van der Waals surface area contributed by atoms with Crippen LogP contribution >= 0.6 is 0 Å². The topological polar surface area (TPSA) is 110 Å². The van der Waals surface area contributed by atoms with E-state index < -0.39 is 16.0 Å². The van der Waals surface area contributed by atoms with E-state index in [1.807, 2.05) is 0 Å². The summed E-state index contributed by atoms with van der Waals surface area (Å²) in [4.78, 5) is 10.7. The molecule has 1 heterocycles. The number of carboxylic acids is 1. The monoisotopic (exact) mass is 296 g/mol. The van der Waals surface area contributed by atoms with Crippen molar-refractivity contribution >= 4 is 16.0 Å². The molecule has 0 saturated carbocycles. The molecule has 0 saturated heterocycles. The van der Waals surface area contributed by atoms with Gasteiger partial charge in [-0.25, -0.2) is 17.9 Å². The van der Waals surface area contributed by atoms with Crippen LogP contribution in [0.15, 0.2) is 39.8 Å². The van der Waals surface area contributed by atoms with Crippen LogP contribution < -0.4 is 4.72 Å². The van der Waals surface area contributed by atoms with Gasteiger partial charge in [0, 0.05) is 6.07 Å². The Morgan fingerprint density at radius 3 is 2.50 bits per heavy atom. The highest BCUT2D eigenvalue weighted by atomic mass is 32.2. The summed E-state index contributed by atoms with van der Waals surface area (Å²) in [6.45, 7) is 1.70. The minimum atomic E-state index is -3.72. The van der Waals surface area contributed by atoms with Gasteiger partial charge in [-0.1, -0.05) is 5.16 Å². The number of rotatable bonds is 5. The molecule has 106 valence electrons. The van der Waals surface area contributed by atoms with Crippen LogP contribution in [0.5, 0.6) is 0 Å². The fourth-order valence-corrected chi connectivity index (χ4v) is 2.52. The molecule has 0 aliphatic heterocycles. The molecule has 2 rings (SSSR count). The number of carboxylic acid groups (broad SMARTS) is 1. The lowest BCUT2D eigenvalue weighted by atomic mass is 10.2. The van der Waals surface area contributed by atoms with E-state index in [9.17, 15) is 13.2 Å². The molecule has 8 heteroatoms. The van der Waals surface area contributed by atoms with E-state index in [1.54, 1.807) is 13.0 Å². The summed E-state index contributed by atoms with van der Waals surface area (Å²) in [7, 11) is -3.72. The molecule has 0 fully saturated rings. The van der Waals surface area contributed by atoms with Gasteiger partial charge in [-0.15, -0.1) is 0 Å². The zero-order valence-electron chi connectivity index (χ0n) is 10.5. The van der Waals surface area contributed by atoms with Crippen LogP contribution in [0.2, 0.25) is 0 Å². The van der Waals surface area contributed by atoms with E-state index in [2.05, 4.69) is 9.88 Å². The Balaban J connectivity index is 2.11. The van der Waals surface area contributed by atoms with Crippen molar-refractivity contribution in [3.05, 3.63) is 47.3 Å². The highest BCUT2D eigenvalue weighted by molar-refractivity contribution is 7.89. The van der Waals surface area contributed by atoms with Crippen molar-refractivity contribution in [2.24, 2.45) is 0 Å². The zero-order valence-corrected chi connectivity index (χ0v) is 11.3. The van der Waals surface area contributed by atoms with E-state index in [-0.39, 0.29) is 17.0 Å². The lowest BCUT2D eigenvalue weighted by Crippen LogP contribution is -2.23. The van der Waals surface area contributed by atoms with Gasteiger partial charge < -0.3 is 9.63 Å². The average molecular weight is 296 g/mol. The zero-order chi connectivity index (χ0) is 14.8. The van der Waals surface area contributed by atoms with Gasteiger partial charge in [0.15, 0.2) is 5.76 Å². The first kappa shape index (κ1) is 14.2. The summed E-state index contributed by atoms with van der Waals surface area (Å²) in [6, 6.07) is 6.55. The van der Waals surface area contributed by atoms with Crippen LogP contribution in [-0.2, 0) is 16.6 Å². The Morgan fingerprint density at radius 2 is 2.00 bits per heavy atom. The average Bonchev–Trinajstić information content (AvgIpc) is 2.82. The molecule has 2 N–H and O–H groups in total. The van der Waals surface area contributed by atoms with Gasteiger partial charge in [-0.3, -0.25) is 0 Å². The largest absolute Gasteiger partial charge is 0.478 e. The summed E-state index contributed by atoms with van der Waals surface area (Å²) < 4.78 is 31.2. The van der Waals surface area contributed by atoms with Crippen LogP contribution in [0.4, 0.5) is 0 Å². The van der Waals surface area contributed by atoms with Gasteiger partial charge in [0.2, 0.25) is 10.0 Å². The molecule has 20 heavy (non-hydrogen) atoms. The number of aromatic carboxylic acids is 1. The first-order valence-corrected chi connectivity index (χ1v) is 7.12. The Labute approximate surface area is 115 Å². The smallest absolute Gasteiger partial charge is 0.335 e. The van der Waals surface area contributed by atoms with Gasteiger partial charge in [0.1, 0.15) is 0 Å². The maximum atomic E-state index is 12.0. The number of nitrogens with zero attached hydrogens (tertiary/aromatic N) is 1. The van der Waals surface area contributed by atoms with Gasteiger partial charge in [0.05, 0.1) is 22.7 Å². The number of aryl methyl sites for hydroxylation is 1. The molecule has 0 unspecified atom stereocenters. The molecule has 0 aliphatic rings. The quantitative estimate of drug-likeness (QED) is 0.856. The summed E-state index contributed by atoms with van der Waals surface area (Å²) in [5, 5.41) is 12.4. The molecular weight excluding hydrogens is 284 g/mol. The Hall–Kier alpha value is -2.19. The van der Waals surface area contributed by atoms with Crippen LogP contribution in [0.25, 0.3) is 0 Å². The predicted molar refractivity (Wildman–Crippen MR) is 68.7 cm³/mol. The summed E-state index contributed by atoms with van der Waals surface area (Å²) in [5.41, 5.74) is 0.680. The predicted octanol–water partition coefficient (Wildman–Crippen LogP) is 1.16. The summed E-state index contributed by atoms with van der Waals surface area (Å²) in [5.74, 6) is -0.715. The van der Waals surface area contributed by atoms with Crippen LogP contribution in [0.1, 0.15) is 21.8 Å². The van der Waals surface area contributed by atoms with Gasteiger partial charge >= 0.3 is 5.97 Å². The second-order valence-electron chi connectivity index (χ2n) is 4.09. The maximum Gasteiger partial charge on any atom is 0.335 e. The molecular formula is C12H12N2O5S. The Bertz CT molecular complexity index is 719. The molecule has 0 bridgehead atoms. The SMILES string of the molecule is Cc1cc(CNS(=O)(=O)c2ccc(C(=O)O)cc2)on1. The van der Waals surface area contributed by atoms with E-state index in [0.29, 0.717) is 11.5 Å². The van der Waals surface area contributed by atoms with Crippen LogP contribution in [0.3, 0.4) is 0 Å². The second-order valence-corrected chi connectivity index (χ2v) is 5.86. The Morgan fingerprint density at radius 1 is 1.35 bits per heavy atom. The van der Waals surface area contributed by atoms with Gasteiger partial charge in [-0.2, -0.15) is 0 Å². The third-order valence-electron chi connectivity index (χ3n) is 2.52. The summed E-state index contributed by atoms with van der Waals surface area (Å²) >= 11 is 0. The van der Waals surface area contributed by atoms with Crippen molar-refractivity contribution in [2.45, 2.75) is 18.4 Å². The van der Waals surface area contributed by atoms with Crippen molar-refractivity contribution in [2.75, 3.05) is 0 Å². The minimum Gasteiger partial charge on any atom is -0.478 e. The molecule has 0 aliphatic carbocycles. The fourth-order valence-electron chi connectivity index (χ4n) is 1.53. The third kappa shape index (κ3) is 3.22. The highest BCUT2D eigenvalue weighted by Gasteiger charge is 2.15. The van der Waals surface area contributed by atoms with Crippen LogP contribution in [0, 0.1) is 6.92 Å². The minimum absolute atomic E-state index is 0.0151. The molecule has 1 aromatic heterocycles. The number of aromatic nitrogens is 1. The number of benzene rings is 1. The van der Waals surface area contributed by atoms with E-state index in [0.717, 1.165) is 0 Å². The van der Waals surface area contributed by atoms with Crippen molar-refractivity contribution in [1.82, 2.24) is 9.88 Å². The highest BCUT2D eigenvalue weighted by Crippen LogP contribution is 2.11. The van der Waals surface area contributed by atoms with E-state index >= 15 is 0 Å². The Kier molecular flexibility index (Phi) is 3.86. The summed E-state index contributed by atoms with van der Waals surface area (Å²) in [6.07, 6.45) is 0. The first-order valence-electron chi connectivity index (χ1n) is 5.64. The van der Waals surface area contributed by atoms with E-state index in [1.165, 1.54) is 24.3 Å². The number of hydrogen-bond acceptors (Lipinski definition) is 5. The lowest BCUT2D eigenvalue weighted by Gasteiger charge is -2.05. The second kappa shape index (κ2) is 5.43. The normalized spacial score (nSPS) is 11.4. The standard InChI is InChI=1S/C12H12N2O5S/c1-8-6-10(19-14-8)7-13-20(17,18)11-4-2-9(3-5-11)12(15)16/h2-6,13H,7H2,1H3,(H,15,16). The number of sulfonamides is 1. The molecule has 0 atom stereocenters. The number of carbonyl (C=O) groups is 1. The first-order chi connectivity index (χ1) is 9.38. The fraction of sp³-hybridized carbons (Fsp3) is 0.167. The maximum absolute atomic E-state index is 12.0. The lowest BCUT2D eigenvalue weighted by molar-refractivity contribution is 0.0696. The number of hydrogen-bond donors (Lipinski definition) is 2. The van der Waals surface area contributed by atoms with Crippen molar-refractivity contribution in [1.29, 1.82) is 0 Å². The molecule has 0 amide bonds. The molecule has 2 aromatic rings. The van der Waals surface area contributed by atoms with Crippen molar-refractivity contribution in [3.8, 4) is 0 Å². The van der Waals surface area contributed by atoms with Gasteiger partial charge in [-0.05, 0) is 31.2 Å². The molecule has 7 nitrogen and oxygen atoms in total. The number of nitrogens with one attached hydrogen (secondary N) is 1. The van der Waals surface area contributed by atoms with Crippen LogP contribution in [-0.4, -0.2) is 24.7 Å². The molecule has 1 aromatic carbocycles.